The van der Waals surface area contributed by atoms with E-state index in [0.29, 0.717) is 5.13 Å². The number of hydrogen-bond donors (Lipinski definition) is 1. The van der Waals surface area contributed by atoms with Crippen molar-refractivity contribution in [3.63, 3.8) is 0 Å². The molecular weight excluding hydrogens is 364 g/mol. The number of hydrogen-bond acceptors (Lipinski definition) is 8. The van der Waals surface area contributed by atoms with Gasteiger partial charge in [0.1, 0.15) is 5.51 Å². The van der Waals surface area contributed by atoms with Gasteiger partial charge in [-0.15, -0.1) is 31.7 Å². The highest BCUT2D eigenvalue weighted by molar-refractivity contribution is 7.99. The average Bonchev–Trinajstić information content (AvgIpc) is 3.32. The van der Waals surface area contributed by atoms with Crippen molar-refractivity contribution in [2.45, 2.75) is 32.0 Å². The second kappa shape index (κ2) is 7.86. The molecule has 1 amide bonds. The Kier molecular flexibility index (Phi) is 5.59. The molecule has 0 fully saturated rings. The molecule has 3 aromatic rings. The van der Waals surface area contributed by atoms with E-state index in [4.69, 9.17) is 0 Å². The topological polar surface area (TPSA) is 85.6 Å². The number of thiophene rings is 1. The van der Waals surface area contributed by atoms with Crippen LogP contribution in [-0.4, -0.2) is 36.6 Å². The van der Waals surface area contributed by atoms with Crippen LogP contribution in [-0.2, 0) is 17.8 Å². The molecule has 7 nitrogen and oxygen atoms in total. The first-order valence-electron chi connectivity index (χ1n) is 7.41. The third-order valence-corrected chi connectivity index (χ3v) is 5.89. The average molecular weight is 381 g/mol. The van der Waals surface area contributed by atoms with E-state index >= 15 is 0 Å². The molecule has 0 spiro atoms. The maximum absolute atomic E-state index is 12.0. The third-order valence-electron chi connectivity index (χ3n) is 3.23. The Morgan fingerprint density at radius 3 is 2.83 bits per heavy atom. The van der Waals surface area contributed by atoms with Gasteiger partial charge in [0, 0.05) is 22.4 Å². The number of amides is 1. The highest BCUT2D eigenvalue weighted by Gasteiger charge is 2.16. The summed E-state index contributed by atoms with van der Waals surface area (Å²) >= 11 is 4.39. The Morgan fingerprint density at radius 1 is 1.29 bits per heavy atom. The Balaban J connectivity index is 1.69. The number of thioether (sulfide) groups is 1. The van der Waals surface area contributed by atoms with Crippen LogP contribution < -0.4 is 5.32 Å². The summed E-state index contributed by atoms with van der Waals surface area (Å²) in [7, 11) is 0. The first-order chi connectivity index (χ1) is 11.7. The molecule has 3 heterocycles. The Morgan fingerprint density at radius 2 is 2.17 bits per heavy atom. The lowest BCUT2D eigenvalue weighted by atomic mass is 10.2. The van der Waals surface area contributed by atoms with Crippen molar-refractivity contribution >= 4 is 45.5 Å². The molecule has 0 aliphatic heterocycles. The molecule has 0 aromatic carbocycles. The summed E-state index contributed by atoms with van der Waals surface area (Å²) in [5.41, 5.74) is 2.66. The van der Waals surface area contributed by atoms with Crippen molar-refractivity contribution in [1.29, 1.82) is 0 Å². The zero-order valence-electron chi connectivity index (χ0n) is 13.2. The number of aromatic nitrogens is 5. The normalized spacial score (nSPS) is 10.9. The van der Waals surface area contributed by atoms with Gasteiger partial charge in [-0.3, -0.25) is 10.1 Å². The standard InChI is InChI=1S/C14H16N6OS3/c1-3-10-5-9(6-22-10)12-17-19-14(20(12)4-2)23-7-11(21)16-13-18-15-8-24-13/h5-6,8H,3-4,7H2,1-2H3,(H,16,18,21). The molecule has 24 heavy (non-hydrogen) atoms. The highest BCUT2D eigenvalue weighted by Crippen LogP contribution is 2.28. The monoisotopic (exact) mass is 380 g/mol. The summed E-state index contributed by atoms with van der Waals surface area (Å²) in [6, 6.07) is 2.15. The third kappa shape index (κ3) is 3.82. The molecule has 3 rings (SSSR count). The van der Waals surface area contributed by atoms with E-state index in [1.807, 2.05) is 11.5 Å². The number of carbonyl (C=O) groups excluding carboxylic acids is 1. The molecule has 0 radical (unpaired) electrons. The molecule has 0 aliphatic carbocycles. The number of nitrogens with zero attached hydrogens (tertiary/aromatic N) is 5. The van der Waals surface area contributed by atoms with Crippen LogP contribution in [0.25, 0.3) is 11.4 Å². The minimum Gasteiger partial charge on any atom is -0.302 e. The summed E-state index contributed by atoms with van der Waals surface area (Å²) < 4.78 is 2.03. The van der Waals surface area contributed by atoms with Crippen molar-refractivity contribution in [1.82, 2.24) is 25.0 Å². The maximum atomic E-state index is 12.0. The van der Waals surface area contributed by atoms with E-state index in [1.165, 1.54) is 28.0 Å². The van der Waals surface area contributed by atoms with Crippen LogP contribution in [0.2, 0.25) is 0 Å². The van der Waals surface area contributed by atoms with Gasteiger partial charge in [0.15, 0.2) is 11.0 Å². The fraction of sp³-hybridized carbons (Fsp3) is 0.357. The van der Waals surface area contributed by atoms with E-state index in [-0.39, 0.29) is 11.7 Å². The molecule has 0 bridgehead atoms. The molecule has 0 atom stereocenters. The number of aryl methyl sites for hydroxylation is 1. The molecule has 10 heteroatoms. The first-order valence-corrected chi connectivity index (χ1v) is 10.2. The Bertz CT molecular complexity index is 810. The Labute approximate surface area is 151 Å². The van der Waals surface area contributed by atoms with E-state index in [1.54, 1.807) is 16.8 Å². The Hall–Kier alpha value is -1.78. The van der Waals surface area contributed by atoms with E-state index in [9.17, 15) is 4.79 Å². The van der Waals surface area contributed by atoms with Gasteiger partial charge in [0.05, 0.1) is 5.75 Å². The summed E-state index contributed by atoms with van der Waals surface area (Å²) in [5, 5.41) is 22.1. The lowest BCUT2D eigenvalue weighted by Gasteiger charge is -2.06. The van der Waals surface area contributed by atoms with Crippen LogP contribution >= 0.6 is 34.4 Å². The van der Waals surface area contributed by atoms with Crippen LogP contribution in [0.1, 0.15) is 18.7 Å². The predicted octanol–water partition coefficient (Wildman–Crippen LogP) is 3.17. The first kappa shape index (κ1) is 17.1. The molecule has 0 saturated heterocycles. The summed E-state index contributed by atoms with van der Waals surface area (Å²) in [5.74, 6) is 0.968. The van der Waals surface area contributed by atoms with Gasteiger partial charge < -0.3 is 4.57 Å². The zero-order chi connectivity index (χ0) is 16.9. The van der Waals surface area contributed by atoms with E-state index in [0.717, 1.165) is 29.5 Å². The van der Waals surface area contributed by atoms with Gasteiger partial charge in [-0.25, -0.2) is 0 Å². The predicted molar refractivity (Wildman–Crippen MR) is 97.6 cm³/mol. The largest absolute Gasteiger partial charge is 0.302 e. The highest BCUT2D eigenvalue weighted by atomic mass is 32.2. The number of nitrogens with one attached hydrogen (secondary N) is 1. The quantitative estimate of drug-likeness (QED) is 0.634. The molecule has 126 valence electrons. The van der Waals surface area contributed by atoms with Crippen molar-refractivity contribution in [3.8, 4) is 11.4 Å². The van der Waals surface area contributed by atoms with Gasteiger partial charge in [-0.05, 0) is 19.4 Å². The molecule has 3 aromatic heterocycles. The van der Waals surface area contributed by atoms with Gasteiger partial charge in [0.25, 0.3) is 0 Å². The minimum absolute atomic E-state index is 0.132. The summed E-state index contributed by atoms with van der Waals surface area (Å²) in [4.78, 5) is 13.3. The van der Waals surface area contributed by atoms with Crippen molar-refractivity contribution in [2.24, 2.45) is 0 Å². The smallest absolute Gasteiger partial charge is 0.236 e. The van der Waals surface area contributed by atoms with Crippen LogP contribution in [0, 0.1) is 0 Å². The summed E-state index contributed by atoms with van der Waals surface area (Å²) in [6.45, 7) is 4.93. The number of rotatable bonds is 7. The van der Waals surface area contributed by atoms with E-state index in [2.05, 4.69) is 44.1 Å². The molecule has 0 saturated carbocycles. The minimum atomic E-state index is -0.132. The lowest BCUT2D eigenvalue weighted by Crippen LogP contribution is -2.14. The van der Waals surface area contributed by atoms with Crippen LogP contribution in [0.4, 0.5) is 5.13 Å². The second-order valence-corrected chi connectivity index (χ2v) is 7.56. The van der Waals surface area contributed by atoms with Gasteiger partial charge >= 0.3 is 0 Å². The van der Waals surface area contributed by atoms with Crippen LogP contribution in [0.15, 0.2) is 22.1 Å². The van der Waals surface area contributed by atoms with E-state index < -0.39 is 0 Å². The molecule has 1 N–H and O–H groups in total. The SMILES string of the molecule is CCc1cc(-c2nnc(SCC(=O)Nc3nncs3)n2CC)cs1. The molecule has 0 unspecified atom stereocenters. The molecular formula is C14H16N6OS3. The molecule has 0 aliphatic rings. The fourth-order valence-electron chi connectivity index (χ4n) is 2.09. The van der Waals surface area contributed by atoms with Gasteiger partial charge in [-0.1, -0.05) is 30.0 Å². The van der Waals surface area contributed by atoms with Crippen LogP contribution in [0.3, 0.4) is 0 Å². The number of carbonyl (C=O) groups is 1. The number of anilines is 1. The zero-order valence-corrected chi connectivity index (χ0v) is 15.7. The van der Waals surface area contributed by atoms with Crippen molar-refractivity contribution < 1.29 is 4.79 Å². The maximum Gasteiger partial charge on any atom is 0.236 e. The van der Waals surface area contributed by atoms with Crippen LogP contribution in [0.5, 0.6) is 0 Å². The van der Waals surface area contributed by atoms with Crippen molar-refractivity contribution in [2.75, 3.05) is 11.1 Å². The second-order valence-electron chi connectivity index (χ2n) is 4.79. The fourth-order valence-corrected chi connectivity index (χ4v) is 4.17. The lowest BCUT2D eigenvalue weighted by molar-refractivity contribution is -0.113. The summed E-state index contributed by atoms with van der Waals surface area (Å²) in [6.07, 6.45) is 1.01. The van der Waals surface area contributed by atoms with Gasteiger partial charge in [-0.2, -0.15) is 0 Å². The van der Waals surface area contributed by atoms with Gasteiger partial charge in [0.2, 0.25) is 11.0 Å². The van der Waals surface area contributed by atoms with Crippen molar-refractivity contribution in [3.05, 3.63) is 21.8 Å².